The van der Waals surface area contributed by atoms with Crippen LogP contribution in [0.15, 0.2) is 18.2 Å². The van der Waals surface area contributed by atoms with Gasteiger partial charge in [0.05, 0.1) is 59.0 Å². The van der Waals surface area contributed by atoms with Crippen molar-refractivity contribution in [2.24, 2.45) is 0 Å². The van der Waals surface area contributed by atoms with E-state index in [1.165, 1.54) is 0 Å². The molecule has 0 spiro atoms. The van der Waals surface area contributed by atoms with Gasteiger partial charge in [0.15, 0.2) is 11.5 Å². The number of hydrogen-bond acceptors (Lipinski definition) is 9. The van der Waals surface area contributed by atoms with Crippen molar-refractivity contribution in [3.05, 3.63) is 23.8 Å². The Morgan fingerprint density at radius 2 is 1.03 bits per heavy atom. The normalized spacial score (nSPS) is 26.2. The summed E-state index contributed by atoms with van der Waals surface area (Å²) in [5.41, 5.74) is 0.802. The minimum absolute atomic E-state index is 0.498. The molecular weight excluding hydrogens is 428 g/mol. The second-order valence-corrected chi connectivity index (χ2v) is 8.21. The molecule has 0 aliphatic carbocycles. The number of fused-ring (bicyclic) bond motifs is 18. The summed E-state index contributed by atoms with van der Waals surface area (Å²) < 4.78 is 35.3. The van der Waals surface area contributed by atoms with Crippen LogP contribution in [-0.4, -0.2) is 120 Å². The van der Waals surface area contributed by atoms with Crippen LogP contribution in [0.3, 0.4) is 0 Å². The largest absolute Gasteiger partial charge is 0.488 e. The van der Waals surface area contributed by atoms with Crippen LogP contribution >= 0.6 is 0 Å². The Balaban J connectivity index is 1.74. The van der Waals surface area contributed by atoms with E-state index in [9.17, 15) is 5.11 Å². The number of nitrogens with zero attached hydrogens (tertiary/aromatic N) is 2. The SMILES string of the molecule is CC(O)c1ccc2c(c1)OCCN1CCOCCOCCN(CCOCCOCC1)CCO2. The zero-order chi connectivity index (χ0) is 23.1. The van der Waals surface area contributed by atoms with Crippen molar-refractivity contribution < 1.29 is 33.5 Å². The molecule has 0 aromatic heterocycles. The summed E-state index contributed by atoms with van der Waals surface area (Å²) in [5.74, 6) is 1.34. The highest BCUT2D eigenvalue weighted by Crippen LogP contribution is 2.30. The van der Waals surface area contributed by atoms with Gasteiger partial charge in [-0.2, -0.15) is 0 Å². The second kappa shape index (κ2) is 15.4. The number of aliphatic hydroxyl groups excluding tert-OH is 1. The molecule has 1 aromatic carbocycles. The molecule has 33 heavy (non-hydrogen) atoms. The van der Waals surface area contributed by atoms with Gasteiger partial charge in [-0.25, -0.2) is 0 Å². The molecule has 3 heterocycles. The van der Waals surface area contributed by atoms with Gasteiger partial charge >= 0.3 is 0 Å². The number of ether oxygens (including phenoxy) is 6. The topological polar surface area (TPSA) is 82.1 Å². The highest BCUT2D eigenvalue weighted by atomic mass is 16.5. The van der Waals surface area contributed by atoms with Crippen LogP contribution in [0.4, 0.5) is 0 Å². The lowest BCUT2D eigenvalue weighted by Crippen LogP contribution is -2.36. The fraction of sp³-hybridized carbons (Fsp3) is 0.750. The highest BCUT2D eigenvalue weighted by molar-refractivity contribution is 5.43. The lowest BCUT2D eigenvalue weighted by atomic mass is 10.1. The average molecular weight is 469 g/mol. The van der Waals surface area contributed by atoms with Crippen LogP contribution in [0.25, 0.3) is 0 Å². The third-order valence-corrected chi connectivity index (χ3v) is 5.73. The van der Waals surface area contributed by atoms with Crippen molar-refractivity contribution in [2.45, 2.75) is 13.0 Å². The maximum atomic E-state index is 10.0. The average Bonchev–Trinajstić information content (AvgIpc) is 2.81. The van der Waals surface area contributed by atoms with Gasteiger partial charge < -0.3 is 33.5 Å². The smallest absolute Gasteiger partial charge is 0.161 e. The first kappa shape index (κ1) is 26.2. The molecule has 4 rings (SSSR count). The zero-order valence-electron chi connectivity index (χ0n) is 19.9. The molecule has 0 saturated carbocycles. The van der Waals surface area contributed by atoms with Gasteiger partial charge in [0, 0.05) is 39.3 Å². The number of hydrogen-bond donors (Lipinski definition) is 1. The van der Waals surface area contributed by atoms with Gasteiger partial charge in [-0.05, 0) is 24.6 Å². The van der Waals surface area contributed by atoms with Crippen molar-refractivity contribution in [3.63, 3.8) is 0 Å². The summed E-state index contributed by atoms with van der Waals surface area (Å²) >= 11 is 0. The lowest BCUT2D eigenvalue weighted by Gasteiger charge is -2.25. The van der Waals surface area contributed by atoms with Crippen LogP contribution in [0.5, 0.6) is 11.5 Å². The van der Waals surface area contributed by atoms with Crippen LogP contribution in [0.2, 0.25) is 0 Å². The summed E-state index contributed by atoms with van der Waals surface area (Å²) in [7, 11) is 0. The molecule has 1 aromatic rings. The van der Waals surface area contributed by atoms with Gasteiger partial charge in [-0.3, -0.25) is 9.80 Å². The van der Waals surface area contributed by atoms with Gasteiger partial charge in [-0.15, -0.1) is 0 Å². The van der Waals surface area contributed by atoms with Crippen molar-refractivity contribution in [1.29, 1.82) is 0 Å². The van der Waals surface area contributed by atoms with Crippen molar-refractivity contribution >= 4 is 0 Å². The predicted molar refractivity (Wildman–Crippen MR) is 124 cm³/mol. The molecule has 3 aliphatic heterocycles. The summed E-state index contributed by atoms with van der Waals surface area (Å²) in [6.45, 7) is 12.3. The summed E-state index contributed by atoms with van der Waals surface area (Å²) in [6, 6.07) is 5.63. The van der Waals surface area contributed by atoms with E-state index in [4.69, 9.17) is 28.4 Å². The number of rotatable bonds is 1. The third-order valence-electron chi connectivity index (χ3n) is 5.73. The Hall–Kier alpha value is -1.46. The van der Waals surface area contributed by atoms with E-state index in [0.29, 0.717) is 77.6 Å². The first-order chi connectivity index (χ1) is 16.2. The molecule has 9 heteroatoms. The van der Waals surface area contributed by atoms with Gasteiger partial charge in [0.2, 0.25) is 0 Å². The van der Waals surface area contributed by atoms with E-state index >= 15 is 0 Å². The van der Waals surface area contributed by atoms with E-state index in [-0.39, 0.29) is 0 Å². The quantitative estimate of drug-likeness (QED) is 0.654. The standard InChI is InChI=1S/C24H40N2O7/c1-21(27)22-2-3-23-24(20-22)33-15-9-26-6-12-30-18-16-28-10-4-25(8-14-32-23)5-11-29-17-19-31-13-7-26/h2-3,20-21,27H,4-19H2,1H3. The first-order valence-electron chi connectivity index (χ1n) is 12.1. The molecular formula is C24H40N2O7. The Morgan fingerprint density at radius 3 is 1.48 bits per heavy atom. The fourth-order valence-electron chi connectivity index (χ4n) is 3.68. The van der Waals surface area contributed by atoms with Crippen LogP contribution < -0.4 is 9.47 Å². The maximum absolute atomic E-state index is 10.0. The molecule has 188 valence electrons. The molecule has 0 amide bonds. The van der Waals surface area contributed by atoms with Gasteiger partial charge in [-0.1, -0.05) is 6.07 Å². The molecule has 1 fully saturated rings. The lowest BCUT2D eigenvalue weighted by molar-refractivity contribution is 0.00505. The van der Waals surface area contributed by atoms with E-state index in [1.807, 2.05) is 18.2 Å². The molecule has 1 N–H and O–H groups in total. The highest BCUT2D eigenvalue weighted by Gasteiger charge is 2.13. The first-order valence-corrected chi connectivity index (χ1v) is 12.1. The molecule has 1 unspecified atom stereocenters. The molecule has 3 aliphatic rings. The Kier molecular flexibility index (Phi) is 12.2. The molecule has 1 atom stereocenters. The summed E-state index contributed by atoms with van der Waals surface area (Å²) in [5, 5.41) is 10.0. The fourth-order valence-corrected chi connectivity index (χ4v) is 3.68. The number of benzene rings is 1. The summed E-state index contributed by atoms with van der Waals surface area (Å²) in [6.07, 6.45) is -0.571. The minimum Gasteiger partial charge on any atom is -0.488 e. The van der Waals surface area contributed by atoms with Crippen molar-refractivity contribution in [3.8, 4) is 11.5 Å². The Labute approximate surface area is 197 Å². The van der Waals surface area contributed by atoms with E-state index in [2.05, 4.69) is 9.80 Å². The summed E-state index contributed by atoms with van der Waals surface area (Å²) in [4.78, 5) is 4.54. The predicted octanol–water partition coefficient (Wildman–Crippen LogP) is 1.20. The van der Waals surface area contributed by atoms with E-state index < -0.39 is 6.10 Å². The minimum atomic E-state index is -0.571. The van der Waals surface area contributed by atoms with Gasteiger partial charge in [0.1, 0.15) is 13.2 Å². The Bertz CT molecular complexity index is 642. The van der Waals surface area contributed by atoms with Crippen molar-refractivity contribution in [1.82, 2.24) is 9.80 Å². The second-order valence-electron chi connectivity index (χ2n) is 8.21. The molecule has 1 saturated heterocycles. The van der Waals surface area contributed by atoms with E-state index in [0.717, 1.165) is 44.8 Å². The monoisotopic (exact) mass is 468 g/mol. The number of aliphatic hydroxyl groups is 1. The molecule has 9 nitrogen and oxygen atoms in total. The van der Waals surface area contributed by atoms with E-state index in [1.54, 1.807) is 6.92 Å². The van der Waals surface area contributed by atoms with Crippen LogP contribution in [0, 0.1) is 0 Å². The molecule has 0 radical (unpaired) electrons. The third kappa shape index (κ3) is 10.1. The maximum Gasteiger partial charge on any atom is 0.161 e. The Morgan fingerprint density at radius 1 is 0.606 bits per heavy atom. The zero-order valence-corrected chi connectivity index (χ0v) is 19.9. The molecule has 2 bridgehead atoms. The van der Waals surface area contributed by atoms with Gasteiger partial charge in [0.25, 0.3) is 0 Å². The van der Waals surface area contributed by atoms with Crippen LogP contribution in [0.1, 0.15) is 18.6 Å². The van der Waals surface area contributed by atoms with Crippen molar-refractivity contribution in [2.75, 3.05) is 105 Å². The van der Waals surface area contributed by atoms with Crippen LogP contribution in [-0.2, 0) is 18.9 Å².